The van der Waals surface area contributed by atoms with Gasteiger partial charge in [0.15, 0.2) is 11.5 Å². The molecule has 2 amide bonds. The van der Waals surface area contributed by atoms with Crippen molar-refractivity contribution in [2.24, 2.45) is 5.92 Å². The molecular formula is C32H38N2O5. The van der Waals surface area contributed by atoms with E-state index in [4.69, 9.17) is 14.2 Å². The zero-order valence-corrected chi connectivity index (χ0v) is 23.0. The summed E-state index contributed by atoms with van der Waals surface area (Å²) in [5.74, 6) is 2.19. The highest BCUT2D eigenvalue weighted by atomic mass is 16.6. The predicted molar refractivity (Wildman–Crippen MR) is 151 cm³/mol. The molecule has 0 fully saturated rings. The Balaban J connectivity index is 1.60. The van der Waals surface area contributed by atoms with Gasteiger partial charge >= 0.3 is 0 Å². The first-order valence-corrected chi connectivity index (χ1v) is 13.6. The van der Waals surface area contributed by atoms with Crippen molar-refractivity contribution in [3.8, 4) is 17.2 Å². The predicted octanol–water partition coefficient (Wildman–Crippen LogP) is 4.81. The second kappa shape index (κ2) is 13.7. The smallest absolute Gasteiger partial charge is 0.243 e. The van der Waals surface area contributed by atoms with Crippen LogP contribution in [0.3, 0.4) is 0 Å². The molecule has 1 N–H and O–H groups in total. The molecule has 0 saturated carbocycles. The number of ether oxygens (including phenoxy) is 3. The summed E-state index contributed by atoms with van der Waals surface area (Å²) in [6.45, 7) is 5.99. The molecule has 3 aromatic carbocycles. The van der Waals surface area contributed by atoms with Crippen LogP contribution in [0.5, 0.6) is 17.2 Å². The number of aryl methyl sites for hydroxylation is 1. The van der Waals surface area contributed by atoms with Crippen molar-refractivity contribution in [3.05, 3.63) is 89.5 Å². The van der Waals surface area contributed by atoms with Gasteiger partial charge in [0.05, 0.1) is 7.11 Å². The second-order valence-electron chi connectivity index (χ2n) is 10.2. The van der Waals surface area contributed by atoms with E-state index in [1.807, 2.05) is 72.8 Å². The summed E-state index contributed by atoms with van der Waals surface area (Å²) in [5, 5.41) is 3.07. The quantitative estimate of drug-likeness (QED) is 0.364. The minimum Gasteiger partial charge on any atom is -0.497 e. The zero-order valence-electron chi connectivity index (χ0n) is 23.0. The van der Waals surface area contributed by atoms with E-state index in [0.717, 1.165) is 22.4 Å². The Morgan fingerprint density at radius 1 is 0.897 bits per heavy atom. The number of hydrogen-bond acceptors (Lipinski definition) is 5. The van der Waals surface area contributed by atoms with Crippen LogP contribution >= 0.6 is 0 Å². The van der Waals surface area contributed by atoms with Gasteiger partial charge in [-0.25, -0.2) is 0 Å². The Morgan fingerprint density at radius 3 is 2.38 bits per heavy atom. The average Bonchev–Trinajstić information content (AvgIpc) is 2.97. The summed E-state index contributed by atoms with van der Waals surface area (Å²) in [4.78, 5) is 29.2. The van der Waals surface area contributed by atoms with Crippen molar-refractivity contribution in [1.29, 1.82) is 0 Å². The monoisotopic (exact) mass is 530 g/mol. The first-order valence-electron chi connectivity index (χ1n) is 13.6. The minimum absolute atomic E-state index is 0.0895. The van der Waals surface area contributed by atoms with Crippen LogP contribution in [-0.2, 0) is 29.0 Å². The number of carbonyl (C=O) groups is 2. The van der Waals surface area contributed by atoms with Gasteiger partial charge < -0.3 is 24.4 Å². The SMILES string of the molecule is COc1cccc(CN(C(=O)CCc2ccc3c(c2)OCCO3)C(Cc2ccccc2)C(=O)NCC(C)C)c1. The molecule has 206 valence electrons. The fraction of sp³-hybridized carbons (Fsp3) is 0.375. The highest BCUT2D eigenvalue weighted by molar-refractivity contribution is 5.88. The molecule has 1 aliphatic heterocycles. The lowest BCUT2D eigenvalue weighted by Gasteiger charge is -2.32. The fourth-order valence-electron chi connectivity index (χ4n) is 4.58. The third-order valence-electron chi connectivity index (χ3n) is 6.68. The summed E-state index contributed by atoms with van der Waals surface area (Å²) in [6, 6.07) is 22.6. The van der Waals surface area contributed by atoms with Crippen molar-refractivity contribution in [3.63, 3.8) is 0 Å². The number of hydrogen-bond donors (Lipinski definition) is 1. The lowest BCUT2D eigenvalue weighted by Crippen LogP contribution is -2.51. The molecule has 0 saturated heterocycles. The van der Waals surface area contributed by atoms with Crippen LogP contribution in [0.4, 0.5) is 0 Å². The van der Waals surface area contributed by atoms with Crippen LogP contribution in [0.25, 0.3) is 0 Å². The van der Waals surface area contributed by atoms with E-state index < -0.39 is 6.04 Å². The van der Waals surface area contributed by atoms with Gasteiger partial charge in [-0.05, 0) is 53.3 Å². The van der Waals surface area contributed by atoms with Gasteiger partial charge in [0.1, 0.15) is 25.0 Å². The lowest BCUT2D eigenvalue weighted by atomic mass is 10.0. The molecule has 0 aliphatic carbocycles. The number of nitrogens with one attached hydrogen (secondary N) is 1. The van der Waals surface area contributed by atoms with Crippen molar-refractivity contribution in [1.82, 2.24) is 10.2 Å². The number of benzene rings is 3. The normalized spacial score (nSPS) is 13.0. The molecule has 1 aliphatic rings. The van der Waals surface area contributed by atoms with E-state index in [0.29, 0.717) is 56.6 Å². The minimum atomic E-state index is -0.662. The van der Waals surface area contributed by atoms with Gasteiger partial charge in [-0.3, -0.25) is 9.59 Å². The molecule has 0 spiro atoms. The van der Waals surface area contributed by atoms with Gasteiger partial charge in [-0.15, -0.1) is 0 Å². The standard InChI is InChI=1S/C32H38N2O5/c1-23(2)21-33-32(36)28(19-24-8-5-4-6-9-24)34(22-26-10-7-11-27(18-26)37-3)31(35)15-13-25-12-14-29-30(20-25)39-17-16-38-29/h4-12,14,18,20,23,28H,13,15-17,19,21-22H2,1-3H3,(H,33,36). The maximum absolute atomic E-state index is 13.9. The Hall–Kier alpha value is -4.00. The molecule has 39 heavy (non-hydrogen) atoms. The van der Waals surface area contributed by atoms with Crippen LogP contribution in [0.1, 0.15) is 37.0 Å². The van der Waals surface area contributed by atoms with Gasteiger partial charge in [0.2, 0.25) is 11.8 Å². The third kappa shape index (κ3) is 7.99. The van der Waals surface area contributed by atoms with E-state index in [9.17, 15) is 9.59 Å². The number of carbonyl (C=O) groups excluding carboxylic acids is 2. The summed E-state index contributed by atoms with van der Waals surface area (Å²) in [7, 11) is 1.62. The van der Waals surface area contributed by atoms with Crippen molar-refractivity contribution in [2.75, 3.05) is 26.9 Å². The zero-order chi connectivity index (χ0) is 27.6. The maximum atomic E-state index is 13.9. The first kappa shape index (κ1) is 28.0. The van der Waals surface area contributed by atoms with Crippen LogP contribution < -0.4 is 19.5 Å². The summed E-state index contributed by atoms with van der Waals surface area (Å²) < 4.78 is 16.8. The number of rotatable bonds is 12. The molecule has 0 radical (unpaired) electrons. The summed E-state index contributed by atoms with van der Waals surface area (Å²) >= 11 is 0. The number of nitrogens with zero attached hydrogens (tertiary/aromatic N) is 1. The topological polar surface area (TPSA) is 77.1 Å². The van der Waals surface area contributed by atoms with Gasteiger partial charge in [0.25, 0.3) is 0 Å². The maximum Gasteiger partial charge on any atom is 0.243 e. The number of fused-ring (bicyclic) bond motifs is 1. The van der Waals surface area contributed by atoms with Gasteiger partial charge in [-0.2, -0.15) is 0 Å². The molecular weight excluding hydrogens is 492 g/mol. The molecule has 1 unspecified atom stereocenters. The van der Waals surface area contributed by atoms with Crippen molar-refractivity contribution < 1.29 is 23.8 Å². The van der Waals surface area contributed by atoms with Crippen LogP contribution in [0, 0.1) is 5.92 Å². The Morgan fingerprint density at radius 2 is 1.64 bits per heavy atom. The first-order chi connectivity index (χ1) is 18.9. The highest BCUT2D eigenvalue weighted by Crippen LogP contribution is 2.31. The summed E-state index contributed by atoms with van der Waals surface area (Å²) in [5.41, 5.74) is 2.88. The van der Waals surface area contributed by atoms with Crippen LogP contribution in [0.2, 0.25) is 0 Å². The van der Waals surface area contributed by atoms with E-state index in [2.05, 4.69) is 19.2 Å². The van der Waals surface area contributed by atoms with E-state index in [1.54, 1.807) is 12.0 Å². The molecule has 4 rings (SSSR count). The van der Waals surface area contributed by atoms with E-state index in [-0.39, 0.29) is 18.2 Å². The molecule has 0 bridgehead atoms. The molecule has 1 heterocycles. The number of amides is 2. The molecule has 0 aromatic heterocycles. The lowest BCUT2D eigenvalue weighted by molar-refractivity contribution is -0.141. The number of methoxy groups -OCH3 is 1. The van der Waals surface area contributed by atoms with E-state index in [1.165, 1.54) is 0 Å². The largest absolute Gasteiger partial charge is 0.497 e. The van der Waals surface area contributed by atoms with Crippen LogP contribution in [0.15, 0.2) is 72.8 Å². The van der Waals surface area contributed by atoms with Crippen molar-refractivity contribution in [2.45, 2.75) is 45.7 Å². The third-order valence-corrected chi connectivity index (χ3v) is 6.68. The van der Waals surface area contributed by atoms with Crippen LogP contribution in [-0.4, -0.2) is 49.6 Å². The van der Waals surface area contributed by atoms with Crippen molar-refractivity contribution >= 4 is 11.8 Å². The summed E-state index contributed by atoms with van der Waals surface area (Å²) in [6.07, 6.45) is 1.20. The molecule has 7 nitrogen and oxygen atoms in total. The Bertz CT molecular complexity index is 1240. The average molecular weight is 531 g/mol. The Kier molecular flexibility index (Phi) is 9.84. The fourth-order valence-corrected chi connectivity index (χ4v) is 4.58. The molecule has 3 aromatic rings. The van der Waals surface area contributed by atoms with Gasteiger partial charge in [0, 0.05) is 25.9 Å². The second-order valence-corrected chi connectivity index (χ2v) is 10.2. The van der Waals surface area contributed by atoms with E-state index >= 15 is 0 Å². The van der Waals surface area contributed by atoms with Gasteiger partial charge in [-0.1, -0.05) is 62.4 Å². The molecule has 1 atom stereocenters. The Labute approximate surface area is 231 Å². The highest BCUT2D eigenvalue weighted by Gasteiger charge is 2.30. The molecule has 7 heteroatoms.